The third-order valence-corrected chi connectivity index (χ3v) is 4.56. The number of nitrogens with zero attached hydrogens (tertiary/aromatic N) is 1. The van der Waals surface area contributed by atoms with Crippen LogP contribution >= 0.6 is 0 Å². The highest BCUT2D eigenvalue weighted by molar-refractivity contribution is 5.73. The molecule has 1 heterocycles. The second-order valence-corrected chi connectivity index (χ2v) is 6.19. The van der Waals surface area contributed by atoms with Crippen LogP contribution < -0.4 is 4.74 Å². The molecular weight excluding hydrogens is 262 g/mol. The van der Waals surface area contributed by atoms with Crippen LogP contribution in [-0.4, -0.2) is 30.5 Å². The quantitative estimate of drug-likeness (QED) is 0.773. The summed E-state index contributed by atoms with van der Waals surface area (Å²) in [6.45, 7) is 8.54. The summed E-state index contributed by atoms with van der Waals surface area (Å²) in [6, 6.07) is 6.27. The van der Waals surface area contributed by atoms with Crippen LogP contribution in [0.4, 0.5) is 0 Å². The normalized spacial score (nSPS) is 16.0. The third-order valence-electron chi connectivity index (χ3n) is 4.56. The summed E-state index contributed by atoms with van der Waals surface area (Å²) in [5.74, 6) is 1.94. The second kappa shape index (κ2) is 7.48. The van der Waals surface area contributed by atoms with Crippen LogP contribution in [0.15, 0.2) is 18.2 Å². The maximum Gasteiger partial charge on any atom is 0.219 e. The van der Waals surface area contributed by atoms with E-state index in [2.05, 4.69) is 26.0 Å². The summed E-state index contributed by atoms with van der Waals surface area (Å²) < 4.78 is 5.83. The molecule has 0 atom stereocenters. The number of carbonyl (C=O) groups excluding carboxylic acids is 1. The fraction of sp³-hybridized carbons (Fsp3) is 0.611. The SMILES string of the molecule is CC(=O)N1CCC(CCCOc2ccc(C)c(C)c2)CC1. The van der Waals surface area contributed by atoms with Gasteiger partial charge in [0.25, 0.3) is 0 Å². The number of carbonyl (C=O) groups is 1. The number of hydrogen-bond donors (Lipinski definition) is 0. The zero-order valence-electron chi connectivity index (χ0n) is 13.5. The van der Waals surface area contributed by atoms with Crippen molar-refractivity contribution in [3.8, 4) is 5.75 Å². The fourth-order valence-corrected chi connectivity index (χ4v) is 2.90. The Morgan fingerprint density at radius 1 is 1.24 bits per heavy atom. The van der Waals surface area contributed by atoms with Crippen molar-refractivity contribution in [2.75, 3.05) is 19.7 Å². The van der Waals surface area contributed by atoms with Crippen molar-refractivity contribution in [3.63, 3.8) is 0 Å². The Morgan fingerprint density at radius 3 is 2.57 bits per heavy atom. The Hall–Kier alpha value is -1.51. The molecule has 1 aromatic rings. The predicted octanol–water partition coefficient (Wildman–Crippen LogP) is 3.72. The topological polar surface area (TPSA) is 29.5 Å². The minimum Gasteiger partial charge on any atom is -0.494 e. The van der Waals surface area contributed by atoms with E-state index in [0.29, 0.717) is 0 Å². The molecule has 0 aliphatic carbocycles. The molecule has 0 unspecified atom stereocenters. The van der Waals surface area contributed by atoms with E-state index in [9.17, 15) is 4.79 Å². The number of piperidine rings is 1. The molecule has 116 valence electrons. The van der Waals surface area contributed by atoms with Crippen LogP contribution in [0.3, 0.4) is 0 Å². The molecule has 21 heavy (non-hydrogen) atoms. The molecule has 1 amide bonds. The van der Waals surface area contributed by atoms with Gasteiger partial charge in [-0.15, -0.1) is 0 Å². The molecule has 1 saturated heterocycles. The van der Waals surface area contributed by atoms with Crippen LogP contribution in [0.1, 0.15) is 43.7 Å². The zero-order chi connectivity index (χ0) is 15.2. The fourth-order valence-electron chi connectivity index (χ4n) is 2.90. The number of benzene rings is 1. The number of ether oxygens (including phenoxy) is 1. The van der Waals surface area contributed by atoms with Gasteiger partial charge in [0.1, 0.15) is 5.75 Å². The summed E-state index contributed by atoms with van der Waals surface area (Å²) >= 11 is 0. The number of hydrogen-bond acceptors (Lipinski definition) is 2. The van der Waals surface area contributed by atoms with Gasteiger partial charge in [-0.2, -0.15) is 0 Å². The summed E-state index contributed by atoms with van der Waals surface area (Å²) in [6.07, 6.45) is 4.58. The van der Waals surface area contributed by atoms with E-state index in [1.54, 1.807) is 6.92 Å². The van der Waals surface area contributed by atoms with Crippen molar-refractivity contribution in [1.29, 1.82) is 0 Å². The first-order chi connectivity index (χ1) is 10.1. The molecule has 0 aromatic heterocycles. The lowest BCUT2D eigenvalue weighted by Gasteiger charge is -2.31. The largest absolute Gasteiger partial charge is 0.494 e. The Bertz CT molecular complexity index is 476. The molecule has 1 aliphatic rings. The molecule has 0 spiro atoms. The van der Waals surface area contributed by atoms with Gasteiger partial charge >= 0.3 is 0 Å². The van der Waals surface area contributed by atoms with E-state index in [1.807, 2.05) is 11.0 Å². The molecule has 0 bridgehead atoms. The Kier molecular flexibility index (Phi) is 5.66. The van der Waals surface area contributed by atoms with E-state index in [-0.39, 0.29) is 5.91 Å². The Balaban J connectivity index is 1.64. The molecule has 3 nitrogen and oxygen atoms in total. The van der Waals surface area contributed by atoms with Gasteiger partial charge in [0, 0.05) is 20.0 Å². The first-order valence-corrected chi connectivity index (χ1v) is 8.02. The van der Waals surface area contributed by atoms with Gasteiger partial charge in [0.05, 0.1) is 6.61 Å². The highest BCUT2D eigenvalue weighted by atomic mass is 16.5. The zero-order valence-corrected chi connectivity index (χ0v) is 13.5. The van der Waals surface area contributed by atoms with E-state index >= 15 is 0 Å². The van der Waals surface area contributed by atoms with E-state index in [4.69, 9.17) is 4.74 Å². The van der Waals surface area contributed by atoms with Crippen LogP contribution in [0.5, 0.6) is 5.75 Å². The van der Waals surface area contributed by atoms with Crippen LogP contribution in [0.2, 0.25) is 0 Å². The minimum absolute atomic E-state index is 0.214. The van der Waals surface area contributed by atoms with E-state index in [1.165, 1.54) is 17.5 Å². The van der Waals surface area contributed by atoms with Crippen LogP contribution in [0, 0.1) is 19.8 Å². The molecule has 0 N–H and O–H groups in total. The summed E-state index contributed by atoms with van der Waals surface area (Å²) in [7, 11) is 0. The average Bonchev–Trinajstić information content (AvgIpc) is 2.47. The smallest absolute Gasteiger partial charge is 0.219 e. The number of aryl methyl sites for hydroxylation is 2. The first kappa shape index (κ1) is 15.9. The van der Waals surface area contributed by atoms with Crippen LogP contribution in [-0.2, 0) is 4.79 Å². The summed E-state index contributed by atoms with van der Waals surface area (Å²) in [5.41, 5.74) is 2.59. The highest BCUT2D eigenvalue weighted by Crippen LogP contribution is 2.22. The van der Waals surface area contributed by atoms with Gasteiger partial charge in [-0.1, -0.05) is 6.07 Å². The monoisotopic (exact) mass is 289 g/mol. The van der Waals surface area contributed by atoms with Gasteiger partial charge in [-0.25, -0.2) is 0 Å². The van der Waals surface area contributed by atoms with E-state index in [0.717, 1.165) is 50.6 Å². The Labute approximate surface area is 128 Å². The number of rotatable bonds is 5. The Morgan fingerprint density at radius 2 is 1.95 bits per heavy atom. The van der Waals surface area contributed by atoms with E-state index < -0.39 is 0 Å². The lowest BCUT2D eigenvalue weighted by atomic mass is 9.92. The van der Waals surface area contributed by atoms with Crippen LogP contribution in [0.25, 0.3) is 0 Å². The van der Waals surface area contributed by atoms with Gasteiger partial charge in [-0.3, -0.25) is 4.79 Å². The maximum atomic E-state index is 11.3. The molecule has 0 radical (unpaired) electrons. The van der Waals surface area contributed by atoms with Crippen molar-refractivity contribution in [2.45, 2.75) is 46.5 Å². The lowest BCUT2D eigenvalue weighted by Crippen LogP contribution is -2.37. The number of likely N-dealkylation sites (tertiary alicyclic amines) is 1. The first-order valence-electron chi connectivity index (χ1n) is 8.02. The summed E-state index contributed by atoms with van der Waals surface area (Å²) in [4.78, 5) is 13.2. The van der Waals surface area contributed by atoms with Gasteiger partial charge in [-0.05, 0) is 68.7 Å². The molecule has 1 aliphatic heterocycles. The average molecular weight is 289 g/mol. The maximum absolute atomic E-state index is 11.3. The van der Waals surface area contributed by atoms with Crippen molar-refractivity contribution >= 4 is 5.91 Å². The summed E-state index contributed by atoms with van der Waals surface area (Å²) in [5, 5.41) is 0. The van der Waals surface area contributed by atoms with Gasteiger partial charge in [0.2, 0.25) is 5.91 Å². The molecular formula is C18H27NO2. The molecule has 0 saturated carbocycles. The molecule has 1 fully saturated rings. The standard InChI is InChI=1S/C18H27NO2/c1-14-6-7-18(13-15(14)2)21-12-4-5-17-8-10-19(11-9-17)16(3)20/h6-7,13,17H,4-5,8-12H2,1-3H3. The molecule has 1 aromatic carbocycles. The number of amides is 1. The van der Waals surface area contributed by atoms with Crippen molar-refractivity contribution in [1.82, 2.24) is 4.90 Å². The highest BCUT2D eigenvalue weighted by Gasteiger charge is 2.20. The lowest BCUT2D eigenvalue weighted by molar-refractivity contribution is -0.130. The predicted molar refractivity (Wildman–Crippen MR) is 85.6 cm³/mol. The minimum atomic E-state index is 0.214. The van der Waals surface area contributed by atoms with Gasteiger partial charge < -0.3 is 9.64 Å². The molecule has 3 heteroatoms. The van der Waals surface area contributed by atoms with Crippen molar-refractivity contribution < 1.29 is 9.53 Å². The van der Waals surface area contributed by atoms with Crippen molar-refractivity contribution in [3.05, 3.63) is 29.3 Å². The molecule has 2 rings (SSSR count). The van der Waals surface area contributed by atoms with Gasteiger partial charge in [0.15, 0.2) is 0 Å². The second-order valence-electron chi connectivity index (χ2n) is 6.19. The third kappa shape index (κ3) is 4.76. The van der Waals surface area contributed by atoms with Crippen molar-refractivity contribution in [2.24, 2.45) is 5.92 Å².